The first-order valence-corrected chi connectivity index (χ1v) is 4.88. The lowest BCUT2D eigenvalue weighted by Crippen LogP contribution is -2.52. The highest BCUT2D eigenvalue weighted by atomic mass is 16.2. The summed E-state index contributed by atoms with van der Waals surface area (Å²) in [4.78, 5) is 13.6. The van der Waals surface area contributed by atoms with Gasteiger partial charge in [0.25, 0.3) is 5.91 Å². The van der Waals surface area contributed by atoms with Gasteiger partial charge in [0.05, 0.1) is 17.1 Å². The van der Waals surface area contributed by atoms with Crippen LogP contribution in [0.25, 0.3) is 0 Å². The maximum absolute atomic E-state index is 12.0. The highest BCUT2D eigenvalue weighted by Gasteiger charge is 2.37. The molecule has 1 heterocycles. The number of hydrogen-bond donors (Lipinski definition) is 2. The molecule has 3 N–H and O–H groups in total. The summed E-state index contributed by atoms with van der Waals surface area (Å²) in [6.07, 6.45) is 0. The van der Waals surface area contributed by atoms with Gasteiger partial charge in [-0.05, 0) is 26.0 Å². The molecule has 0 bridgehead atoms. The first-order chi connectivity index (χ1) is 6.93. The number of nitrogen functional groups attached to an aromatic ring is 1. The molecule has 1 aliphatic rings. The number of rotatable bonds is 0. The summed E-state index contributed by atoms with van der Waals surface area (Å²) in [5.74, 6) is 0.0212. The van der Waals surface area contributed by atoms with Crippen LogP contribution in [0.15, 0.2) is 18.2 Å². The third kappa shape index (κ3) is 1.33. The van der Waals surface area contributed by atoms with Crippen LogP contribution in [0.5, 0.6) is 0 Å². The summed E-state index contributed by atoms with van der Waals surface area (Å²) < 4.78 is 0. The third-order valence-corrected chi connectivity index (χ3v) is 2.69. The van der Waals surface area contributed by atoms with Crippen LogP contribution in [0.4, 0.5) is 17.1 Å². The fourth-order valence-electron chi connectivity index (χ4n) is 1.95. The molecule has 1 amide bonds. The van der Waals surface area contributed by atoms with Crippen molar-refractivity contribution in [2.75, 3.05) is 23.0 Å². The van der Waals surface area contributed by atoms with Crippen LogP contribution in [0.2, 0.25) is 0 Å². The van der Waals surface area contributed by atoms with Crippen molar-refractivity contribution in [1.82, 2.24) is 0 Å². The zero-order valence-corrected chi connectivity index (χ0v) is 9.16. The van der Waals surface area contributed by atoms with E-state index in [4.69, 9.17) is 5.73 Å². The summed E-state index contributed by atoms with van der Waals surface area (Å²) in [5, 5.41) is 3.19. The molecule has 0 fully saturated rings. The molecule has 0 spiro atoms. The standard InChI is InChI=1S/C11H15N3O/c1-11(2)10(15)14(3)9-7(12)5-4-6-8(9)13-11/h4-6,13H,12H2,1-3H3. The molecular formula is C11H15N3O. The van der Waals surface area contributed by atoms with Crippen molar-refractivity contribution < 1.29 is 4.79 Å². The van der Waals surface area contributed by atoms with E-state index < -0.39 is 5.54 Å². The van der Waals surface area contributed by atoms with E-state index in [1.165, 1.54) is 0 Å². The minimum atomic E-state index is -0.574. The average molecular weight is 205 g/mol. The van der Waals surface area contributed by atoms with Crippen molar-refractivity contribution in [1.29, 1.82) is 0 Å². The number of benzene rings is 1. The zero-order chi connectivity index (χ0) is 11.2. The molecular weight excluding hydrogens is 190 g/mol. The van der Waals surface area contributed by atoms with Crippen LogP contribution < -0.4 is 16.0 Å². The van der Waals surface area contributed by atoms with Gasteiger partial charge in [-0.25, -0.2) is 0 Å². The predicted octanol–water partition coefficient (Wildman–Crippen LogP) is 1.44. The van der Waals surface area contributed by atoms with Crippen molar-refractivity contribution in [2.24, 2.45) is 0 Å². The minimum absolute atomic E-state index is 0.0212. The lowest BCUT2D eigenvalue weighted by molar-refractivity contribution is -0.121. The fraction of sp³-hybridized carbons (Fsp3) is 0.364. The van der Waals surface area contributed by atoms with E-state index >= 15 is 0 Å². The number of amides is 1. The molecule has 1 aliphatic heterocycles. The number of fused-ring (bicyclic) bond motifs is 1. The lowest BCUT2D eigenvalue weighted by atomic mass is 9.98. The molecule has 2 rings (SSSR count). The minimum Gasteiger partial charge on any atom is -0.397 e. The molecule has 0 aromatic heterocycles. The highest BCUT2D eigenvalue weighted by molar-refractivity contribution is 6.09. The molecule has 0 unspecified atom stereocenters. The second kappa shape index (κ2) is 2.89. The van der Waals surface area contributed by atoms with Gasteiger partial charge in [0.1, 0.15) is 5.54 Å². The number of nitrogens with two attached hydrogens (primary N) is 1. The number of nitrogens with one attached hydrogen (secondary N) is 1. The van der Waals surface area contributed by atoms with Crippen LogP contribution in [-0.2, 0) is 4.79 Å². The SMILES string of the molecule is CN1C(=O)C(C)(C)Nc2cccc(N)c21. The molecule has 15 heavy (non-hydrogen) atoms. The largest absolute Gasteiger partial charge is 0.397 e. The smallest absolute Gasteiger partial charge is 0.251 e. The summed E-state index contributed by atoms with van der Waals surface area (Å²) in [6.45, 7) is 3.72. The van der Waals surface area contributed by atoms with Crippen LogP contribution in [-0.4, -0.2) is 18.5 Å². The molecule has 0 atom stereocenters. The second-order valence-electron chi connectivity index (χ2n) is 4.36. The molecule has 0 aliphatic carbocycles. The first kappa shape index (κ1) is 9.83. The molecule has 0 saturated carbocycles. The van der Waals surface area contributed by atoms with Crippen LogP contribution in [0.3, 0.4) is 0 Å². The Morgan fingerprint density at radius 2 is 2.07 bits per heavy atom. The Hall–Kier alpha value is -1.71. The molecule has 0 radical (unpaired) electrons. The number of carbonyl (C=O) groups excluding carboxylic acids is 1. The van der Waals surface area contributed by atoms with Crippen molar-refractivity contribution in [3.63, 3.8) is 0 Å². The van der Waals surface area contributed by atoms with Crippen LogP contribution >= 0.6 is 0 Å². The number of carbonyl (C=O) groups is 1. The highest BCUT2D eigenvalue weighted by Crippen LogP contribution is 2.38. The quantitative estimate of drug-likeness (QED) is 0.630. The van der Waals surface area contributed by atoms with E-state index in [9.17, 15) is 4.79 Å². The van der Waals surface area contributed by atoms with E-state index in [1.54, 1.807) is 18.0 Å². The van der Waals surface area contributed by atoms with Gasteiger partial charge in [0.2, 0.25) is 0 Å². The van der Waals surface area contributed by atoms with E-state index in [1.807, 2.05) is 26.0 Å². The van der Waals surface area contributed by atoms with Crippen LogP contribution in [0.1, 0.15) is 13.8 Å². The van der Waals surface area contributed by atoms with Gasteiger partial charge in [-0.1, -0.05) is 6.07 Å². The Kier molecular flexibility index (Phi) is 1.89. The van der Waals surface area contributed by atoms with Crippen molar-refractivity contribution >= 4 is 23.0 Å². The van der Waals surface area contributed by atoms with E-state index in [0.717, 1.165) is 11.4 Å². The van der Waals surface area contributed by atoms with Gasteiger partial charge in [0.15, 0.2) is 0 Å². The summed E-state index contributed by atoms with van der Waals surface area (Å²) in [7, 11) is 1.75. The number of nitrogens with zero attached hydrogens (tertiary/aromatic N) is 1. The Balaban J connectivity index is 2.60. The molecule has 4 heteroatoms. The first-order valence-electron chi connectivity index (χ1n) is 4.88. The number of likely N-dealkylation sites (N-methyl/N-ethyl adjacent to an activating group) is 1. The normalized spacial score (nSPS) is 18.3. The lowest BCUT2D eigenvalue weighted by Gasteiger charge is -2.38. The Labute approximate surface area is 89.1 Å². The van der Waals surface area contributed by atoms with Crippen molar-refractivity contribution in [3.05, 3.63) is 18.2 Å². The Morgan fingerprint density at radius 1 is 1.40 bits per heavy atom. The third-order valence-electron chi connectivity index (χ3n) is 2.69. The van der Waals surface area contributed by atoms with Gasteiger partial charge in [-0.15, -0.1) is 0 Å². The predicted molar refractivity (Wildman–Crippen MR) is 62.0 cm³/mol. The molecule has 1 aromatic rings. The van der Waals surface area contributed by atoms with Gasteiger partial charge in [0, 0.05) is 7.05 Å². The number of anilines is 3. The van der Waals surface area contributed by atoms with Crippen molar-refractivity contribution in [2.45, 2.75) is 19.4 Å². The van der Waals surface area contributed by atoms with Gasteiger partial charge in [-0.2, -0.15) is 0 Å². The molecule has 0 saturated heterocycles. The monoisotopic (exact) mass is 205 g/mol. The Bertz CT molecular complexity index is 426. The van der Waals surface area contributed by atoms with Gasteiger partial charge in [-0.3, -0.25) is 4.79 Å². The second-order valence-corrected chi connectivity index (χ2v) is 4.36. The van der Waals surface area contributed by atoms with E-state index in [-0.39, 0.29) is 5.91 Å². The fourth-order valence-corrected chi connectivity index (χ4v) is 1.95. The molecule has 4 nitrogen and oxygen atoms in total. The average Bonchev–Trinajstić information content (AvgIpc) is 2.13. The molecule has 1 aromatic carbocycles. The van der Waals surface area contributed by atoms with E-state index in [2.05, 4.69) is 5.32 Å². The molecule has 80 valence electrons. The maximum atomic E-state index is 12.0. The van der Waals surface area contributed by atoms with Gasteiger partial charge >= 0.3 is 0 Å². The topological polar surface area (TPSA) is 58.4 Å². The zero-order valence-electron chi connectivity index (χ0n) is 9.16. The number of para-hydroxylation sites is 1. The number of hydrogen-bond acceptors (Lipinski definition) is 3. The summed E-state index contributed by atoms with van der Waals surface area (Å²) >= 11 is 0. The van der Waals surface area contributed by atoms with Gasteiger partial charge < -0.3 is 16.0 Å². The van der Waals surface area contributed by atoms with E-state index in [0.29, 0.717) is 5.69 Å². The maximum Gasteiger partial charge on any atom is 0.251 e. The summed E-state index contributed by atoms with van der Waals surface area (Å²) in [6, 6.07) is 5.60. The van der Waals surface area contributed by atoms with Crippen molar-refractivity contribution in [3.8, 4) is 0 Å². The Morgan fingerprint density at radius 3 is 2.73 bits per heavy atom. The van der Waals surface area contributed by atoms with Crippen LogP contribution in [0, 0.1) is 0 Å². The summed E-state index contributed by atoms with van der Waals surface area (Å²) in [5.41, 5.74) is 7.56.